The molecule has 3 fully saturated rings. The third kappa shape index (κ3) is 3.88. The zero-order valence-electron chi connectivity index (χ0n) is 19.8. The number of carbonyl (C=O) groups excluding carboxylic acids is 1. The van der Waals surface area contributed by atoms with Crippen LogP contribution in [0.2, 0.25) is 0 Å². The third-order valence-corrected chi connectivity index (χ3v) is 9.79. The van der Waals surface area contributed by atoms with E-state index in [0.717, 1.165) is 51.6 Å². The van der Waals surface area contributed by atoms with E-state index in [2.05, 4.69) is 31.1 Å². The molecule has 1 heterocycles. The van der Waals surface area contributed by atoms with Crippen LogP contribution >= 0.6 is 0 Å². The molecule has 0 bridgehead atoms. The Morgan fingerprint density at radius 3 is 2.68 bits per heavy atom. The molecule has 3 aliphatic rings. The number of ketones is 1. The van der Waals surface area contributed by atoms with Gasteiger partial charge in [0.05, 0.1) is 18.9 Å². The highest BCUT2D eigenvalue weighted by Crippen LogP contribution is 2.64. The molecular weight excluding hydrogens is 390 g/mol. The zero-order valence-corrected chi connectivity index (χ0v) is 19.8. The molecule has 8 atom stereocenters. The number of aliphatic hydroxyl groups excluding tert-OH is 1. The number of hydrogen-bond donors (Lipinski definition) is 1. The average Bonchev–Trinajstić information content (AvgIpc) is 3.36. The minimum Gasteiger partial charge on any atom is -0.393 e. The van der Waals surface area contributed by atoms with Gasteiger partial charge >= 0.3 is 0 Å². The molecule has 3 saturated carbocycles. The fourth-order valence-corrected chi connectivity index (χ4v) is 8.27. The van der Waals surface area contributed by atoms with Crippen LogP contribution < -0.4 is 0 Å². The predicted molar refractivity (Wildman–Crippen MR) is 119 cm³/mol. The summed E-state index contributed by atoms with van der Waals surface area (Å²) in [7, 11) is 1.84. The molecule has 0 saturated heterocycles. The summed E-state index contributed by atoms with van der Waals surface area (Å²) in [5, 5.41) is 18.2. The number of ether oxygens (including phenoxy) is 1. The molecule has 1 N–H and O–H groups in total. The lowest BCUT2D eigenvalue weighted by atomic mass is 9.48. The molecule has 1 aromatic heterocycles. The van der Waals surface area contributed by atoms with Crippen molar-refractivity contribution in [2.45, 2.75) is 84.8 Å². The van der Waals surface area contributed by atoms with Crippen molar-refractivity contribution < 1.29 is 14.6 Å². The fourth-order valence-electron chi connectivity index (χ4n) is 8.27. The van der Waals surface area contributed by atoms with E-state index in [9.17, 15) is 9.90 Å². The van der Waals surface area contributed by atoms with E-state index in [1.807, 2.05) is 7.11 Å². The number of aliphatic hydroxyl groups is 1. The van der Waals surface area contributed by atoms with Gasteiger partial charge in [0, 0.05) is 19.2 Å². The summed E-state index contributed by atoms with van der Waals surface area (Å²) in [5.41, 5.74) is 0.235. The lowest BCUT2D eigenvalue weighted by Crippen LogP contribution is -2.53. The maximum Gasteiger partial charge on any atom is 0.157 e. The third-order valence-electron chi connectivity index (χ3n) is 9.79. The monoisotopic (exact) mass is 431 g/mol. The van der Waals surface area contributed by atoms with Crippen molar-refractivity contribution in [3.05, 3.63) is 12.4 Å². The van der Waals surface area contributed by atoms with Gasteiger partial charge in [-0.05, 0) is 79.4 Å². The zero-order chi connectivity index (χ0) is 22.2. The van der Waals surface area contributed by atoms with Gasteiger partial charge in [0.25, 0.3) is 0 Å². The summed E-state index contributed by atoms with van der Waals surface area (Å²) >= 11 is 0. The van der Waals surface area contributed by atoms with Crippen molar-refractivity contribution in [1.29, 1.82) is 0 Å². The van der Waals surface area contributed by atoms with Crippen LogP contribution in [0, 0.1) is 40.4 Å². The maximum absolute atomic E-state index is 13.3. The topological polar surface area (TPSA) is 77.2 Å². The molecule has 31 heavy (non-hydrogen) atoms. The molecule has 3 aliphatic carbocycles. The number of Topliss-reactive ketones (excluding diaryl/α,β-unsaturated/α-hetero) is 1. The lowest BCUT2D eigenvalue weighted by Gasteiger charge is -2.57. The molecular formula is C25H41N3O3. The van der Waals surface area contributed by atoms with E-state index < -0.39 is 0 Å². The number of hydrogen-bond acceptors (Lipinski definition) is 5. The van der Waals surface area contributed by atoms with Crippen molar-refractivity contribution in [2.24, 2.45) is 40.4 Å². The van der Waals surface area contributed by atoms with Crippen molar-refractivity contribution in [3.8, 4) is 0 Å². The summed E-state index contributed by atoms with van der Waals surface area (Å²) in [6.45, 7) is 8.21. The van der Waals surface area contributed by atoms with Crippen LogP contribution in [0.15, 0.2) is 12.4 Å². The first kappa shape index (κ1) is 22.9. The van der Waals surface area contributed by atoms with Crippen molar-refractivity contribution in [2.75, 3.05) is 13.7 Å². The van der Waals surface area contributed by atoms with Gasteiger partial charge in [-0.15, -0.1) is 5.10 Å². The molecule has 174 valence electrons. The first-order chi connectivity index (χ1) is 14.9. The van der Waals surface area contributed by atoms with Gasteiger partial charge in [0.2, 0.25) is 0 Å². The molecule has 0 aliphatic heterocycles. The highest BCUT2D eigenvalue weighted by Gasteiger charge is 2.59. The van der Waals surface area contributed by atoms with Gasteiger partial charge in [-0.2, -0.15) is 0 Å². The number of nitrogens with zero attached hydrogens (tertiary/aromatic N) is 3. The number of fused-ring (bicyclic) bond motifs is 1. The van der Waals surface area contributed by atoms with Crippen molar-refractivity contribution in [3.63, 3.8) is 0 Å². The molecule has 0 aromatic carbocycles. The van der Waals surface area contributed by atoms with Gasteiger partial charge in [-0.1, -0.05) is 32.4 Å². The normalized spacial score (nSPS) is 43.0. The van der Waals surface area contributed by atoms with Crippen LogP contribution in [0.4, 0.5) is 0 Å². The van der Waals surface area contributed by atoms with E-state index in [1.165, 1.54) is 6.42 Å². The van der Waals surface area contributed by atoms with Gasteiger partial charge in [0.1, 0.15) is 6.54 Å². The smallest absolute Gasteiger partial charge is 0.157 e. The first-order valence-corrected chi connectivity index (χ1v) is 12.4. The summed E-state index contributed by atoms with van der Waals surface area (Å²) in [5.74, 6) is 2.74. The predicted octanol–water partition coefficient (Wildman–Crippen LogP) is 4.13. The Bertz CT molecular complexity index is 753. The number of aromatic nitrogens is 3. The summed E-state index contributed by atoms with van der Waals surface area (Å²) in [4.78, 5) is 13.3. The van der Waals surface area contributed by atoms with Crippen LogP contribution in [0.3, 0.4) is 0 Å². The summed E-state index contributed by atoms with van der Waals surface area (Å²) < 4.78 is 7.51. The Morgan fingerprint density at radius 1 is 1.23 bits per heavy atom. The first-order valence-electron chi connectivity index (χ1n) is 12.4. The second-order valence-corrected chi connectivity index (χ2v) is 11.0. The Hall–Kier alpha value is -1.27. The van der Waals surface area contributed by atoms with Crippen LogP contribution in [0.25, 0.3) is 0 Å². The summed E-state index contributed by atoms with van der Waals surface area (Å²) in [6.07, 6.45) is 11.7. The Labute approximate surface area is 187 Å². The van der Waals surface area contributed by atoms with Gasteiger partial charge < -0.3 is 9.84 Å². The number of rotatable bonds is 7. The minimum absolute atomic E-state index is 0.0839. The molecule has 6 heteroatoms. The number of methoxy groups -OCH3 is 1. The standard InChI is InChI=1S/C25H41N3O3/c1-5-19-20-6-7-22(23(30)15-28-13-12-26-27-28)24(20,3)10-9-21(19)25(16-31-4)11-8-18(29)14-17(25)2/h12-13,17-22,29H,5-11,14-16H2,1-4H3/t17-,18+,19-,20-,21-,22+,24-,25+/m0/s1. The van der Waals surface area contributed by atoms with Crippen molar-refractivity contribution in [1.82, 2.24) is 15.0 Å². The molecule has 0 unspecified atom stereocenters. The highest BCUT2D eigenvalue weighted by molar-refractivity contribution is 5.82. The number of carbonyl (C=O) groups is 1. The molecule has 4 rings (SSSR count). The van der Waals surface area contributed by atoms with Gasteiger partial charge in [-0.3, -0.25) is 4.79 Å². The van der Waals surface area contributed by atoms with Crippen LogP contribution in [0.1, 0.15) is 72.1 Å². The van der Waals surface area contributed by atoms with Gasteiger partial charge in [0.15, 0.2) is 5.78 Å². The average molecular weight is 432 g/mol. The van der Waals surface area contributed by atoms with Crippen molar-refractivity contribution >= 4 is 5.78 Å². The largest absolute Gasteiger partial charge is 0.393 e. The highest BCUT2D eigenvalue weighted by atomic mass is 16.5. The van der Waals surface area contributed by atoms with Crippen LogP contribution in [-0.4, -0.2) is 45.7 Å². The Balaban J connectivity index is 1.57. The van der Waals surface area contributed by atoms with E-state index in [0.29, 0.717) is 36.0 Å². The molecule has 0 amide bonds. The molecule has 6 nitrogen and oxygen atoms in total. The SMILES string of the molecule is CC[C@H]1[C@@H]2CC[C@H](C(=O)Cn3ccnn3)[C@@]2(C)CC[C@@H]1[C@@]1(COC)CC[C@@H](O)C[C@@H]1C. The molecule has 0 radical (unpaired) electrons. The van der Waals surface area contributed by atoms with E-state index in [1.54, 1.807) is 17.1 Å². The molecule has 0 spiro atoms. The van der Waals surface area contributed by atoms with Crippen LogP contribution in [0.5, 0.6) is 0 Å². The van der Waals surface area contributed by atoms with E-state index in [-0.39, 0.29) is 22.9 Å². The maximum atomic E-state index is 13.3. The fraction of sp³-hybridized carbons (Fsp3) is 0.880. The quantitative estimate of drug-likeness (QED) is 0.702. The van der Waals surface area contributed by atoms with E-state index >= 15 is 0 Å². The van der Waals surface area contributed by atoms with E-state index in [4.69, 9.17) is 4.74 Å². The second-order valence-electron chi connectivity index (χ2n) is 11.0. The lowest BCUT2D eigenvalue weighted by molar-refractivity contribution is -0.139. The van der Waals surface area contributed by atoms with Crippen LogP contribution in [-0.2, 0) is 16.1 Å². The van der Waals surface area contributed by atoms with Gasteiger partial charge in [-0.25, -0.2) is 4.68 Å². The Morgan fingerprint density at radius 2 is 2.03 bits per heavy atom. The second kappa shape index (κ2) is 8.93. The molecule has 1 aromatic rings. The summed E-state index contributed by atoms with van der Waals surface area (Å²) in [6, 6.07) is 0. The Kier molecular flexibility index (Phi) is 6.60. The minimum atomic E-state index is -0.167.